The maximum absolute atomic E-state index is 12.2. The molecular weight excluding hydrogens is 282 g/mol. The van der Waals surface area contributed by atoms with Crippen LogP contribution >= 0.6 is 0 Å². The Morgan fingerprint density at radius 2 is 1.76 bits per heavy atom. The molecule has 0 unspecified atom stereocenters. The van der Waals surface area contributed by atoms with E-state index in [-0.39, 0.29) is 12.2 Å². The second-order valence-corrected chi connectivity index (χ2v) is 9.51. The van der Waals surface area contributed by atoms with Gasteiger partial charge in [-0.05, 0) is 46.9 Å². The van der Waals surface area contributed by atoms with Gasteiger partial charge in [-0.25, -0.2) is 4.79 Å². The van der Waals surface area contributed by atoms with Crippen molar-refractivity contribution in [2.75, 3.05) is 13.1 Å². The predicted octanol–water partition coefficient (Wildman–Crippen LogP) is 3.36. The normalized spacial score (nSPS) is 11.6. The Hall–Kier alpha value is -1.33. The van der Waals surface area contributed by atoms with Crippen molar-refractivity contribution in [2.45, 2.75) is 46.9 Å². The minimum absolute atomic E-state index is 0.151. The highest BCUT2D eigenvalue weighted by atomic mass is 28.4. The maximum Gasteiger partial charge on any atom is 0.415 e. The van der Waals surface area contributed by atoms with Crippen LogP contribution in [0.3, 0.4) is 0 Å². The Morgan fingerprint density at radius 1 is 1.19 bits per heavy atom. The molecule has 0 fully saturated rings. The summed E-state index contributed by atoms with van der Waals surface area (Å²) in [5.74, 6) is 0.617. The van der Waals surface area contributed by atoms with E-state index >= 15 is 0 Å². The molecule has 118 valence electrons. The molecule has 0 aliphatic rings. The van der Waals surface area contributed by atoms with Crippen LogP contribution in [-0.2, 0) is 4.43 Å². The highest BCUT2D eigenvalue weighted by molar-refractivity contribution is 6.85. The lowest BCUT2D eigenvalue weighted by Gasteiger charge is -2.28. The first-order valence-corrected chi connectivity index (χ1v) is 10.5. The molecule has 0 spiro atoms. The molecule has 21 heavy (non-hydrogen) atoms. The molecule has 0 heterocycles. The summed E-state index contributed by atoms with van der Waals surface area (Å²) < 4.78 is 11.7. The van der Waals surface area contributed by atoms with E-state index in [1.165, 1.54) is 0 Å². The molecule has 0 aromatic heterocycles. The number of hydrogen-bond acceptors (Lipinski definition) is 3. The molecule has 0 atom stereocenters. The number of benzene rings is 1. The van der Waals surface area contributed by atoms with Gasteiger partial charge in [-0.1, -0.05) is 18.2 Å². The number of hydrogen-bond donors (Lipinski definition) is 0. The van der Waals surface area contributed by atoms with Crippen LogP contribution in [0.5, 0.6) is 5.75 Å². The summed E-state index contributed by atoms with van der Waals surface area (Å²) in [6.07, 6.45) is -0.153. The van der Waals surface area contributed by atoms with Crippen LogP contribution in [0.15, 0.2) is 24.3 Å². The van der Waals surface area contributed by atoms with E-state index in [1.807, 2.05) is 52.0 Å². The van der Waals surface area contributed by atoms with Gasteiger partial charge in [0.1, 0.15) is 5.75 Å². The Balaban J connectivity index is 3.02. The summed E-state index contributed by atoms with van der Waals surface area (Å²) in [4.78, 5) is 13.8. The van der Waals surface area contributed by atoms with Crippen molar-refractivity contribution in [1.29, 1.82) is 0 Å². The third-order valence-corrected chi connectivity index (χ3v) is 6.06. The van der Waals surface area contributed by atoms with E-state index in [4.69, 9.17) is 9.16 Å². The summed E-state index contributed by atoms with van der Waals surface area (Å²) in [5.41, 5.74) is 0. The first-order valence-electron chi connectivity index (χ1n) is 7.55. The largest absolute Gasteiger partial charge is 0.415 e. The van der Waals surface area contributed by atoms with Gasteiger partial charge in [0, 0.05) is 24.4 Å². The van der Waals surface area contributed by atoms with Crippen molar-refractivity contribution < 1.29 is 14.0 Å². The lowest BCUT2D eigenvalue weighted by Crippen LogP contribution is -2.47. The molecule has 1 aromatic rings. The van der Waals surface area contributed by atoms with Crippen LogP contribution in [-0.4, -0.2) is 38.5 Å². The molecule has 4 nitrogen and oxygen atoms in total. The van der Waals surface area contributed by atoms with Crippen molar-refractivity contribution in [3.8, 4) is 5.75 Å². The number of ether oxygens (including phenoxy) is 1. The molecule has 0 radical (unpaired) electrons. The van der Waals surface area contributed by atoms with Crippen LogP contribution in [0, 0.1) is 0 Å². The maximum atomic E-state index is 12.2. The van der Waals surface area contributed by atoms with E-state index < -0.39 is 8.32 Å². The second kappa shape index (κ2) is 7.61. The van der Waals surface area contributed by atoms with Crippen LogP contribution in [0.2, 0.25) is 13.1 Å². The Bertz CT molecular complexity index is 470. The molecular formula is C16H27NO3Si. The molecule has 5 heteroatoms. The number of carbonyl (C=O) groups is 1. The van der Waals surface area contributed by atoms with E-state index in [9.17, 15) is 4.79 Å². The fraction of sp³-hybridized carbons (Fsp3) is 0.562. The molecule has 1 rings (SSSR count). The first-order chi connectivity index (χ1) is 9.81. The van der Waals surface area contributed by atoms with Gasteiger partial charge in [0.25, 0.3) is 0 Å². The number of nitrogens with zero attached hydrogens (tertiary/aromatic N) is 1. The molecule has 1 amide bonds. The summed E-state index contributed by atoms with van der Waals surface area (Å²) in [6, 6.07) is 7.69. The minimum atomic E-state index is -2.10. The Kier molecular flexibility index (Phi) is 6.42. The van der Waals surface area contributed by atoms with Crippen molar-refractivity contribution in [1.82, 2.24) is 4.90 Å². The van der Waals surface area contributed by atoms with Gasteiger partial charge < -0.3 is 14.1 Å². The zero-order chi connectivity index (χ0) is 16.0. The molecule has 0 aliphatic heterocycles. The van der Waals surface area contributed by atoms with E-state index in [0.717, 1.165) is 5.19 Å². The van der Waals surface area contributed by atoms with Crippen molar-refractivity contribution >= 4 is 19.6 Å². The molecule has 0 saturated heterocycles. The van der Waals surface area contributed by atoms with Gasteiger partial charge in [-0.2, -0.15) is 0 Å². The molecule has 1 aromatic carbocycles. The number of para-hydroxylation sites is 1. The zero-order valence-corrected chi connectivity index (χ0v) is 15.0. The molecule has 0 aliphatic carbocycles. The molecule has 0 saturated carbocycles. The quantitative estimate of drug-likeness (QED) is 0.756. The van der Waals surface area contributed by atoms with Crippen LogP contribution in [0.4, 0.5) is 4.79 Å². The van der Waals surface area contributed by atoms with Gasteiger partial charge in [-0.15, -0.1) is 0 Å². The lowest BCUT2D eigenvalue weighted by molar-refractivity contribution is 0.157. The molecule has 0 N–H and O–H groups in total. The van der Waals surface area contributed by atoms with Crippen LogP contribution in [0.25, 0.3) is 0 Å². The fourth-order valence-corrected chi connectivity index (χ4v) is 4.88. The standard InChI is InChI=1S/C16H27NO3Si/c1-7-17(8-2)16(18)19-14-11-9-10-12-15(14)21(5,6)20-13(3)4/h9-13H,7-8H2,1-6H3. The monoisotopic (exact) mass is 309 g/mol. The summed E-state index contributed by atoms with van der Waals surface area (Å²) in [5, 5.41) is 1.01. The Labute approximate surface area is 129 Å². The lowest BCUT2D eigenvalue weighted by atomic mass is 10.3. The van der Waals surface area contributed by atoms with Crippen LogP contribution < -0.4 is 9.92 Å². The van der Waals surface area contributed by atoms with E-state index in [0.29, 0.717) is 18.8 Å². The van der Waals surface area contributed by atoms with E-state index in [2.05, 4.69) is 13.1 Å². The predicted molar refractivity (Wildman–Crippen MR) is 88.7 cm³/mol. The third kappa shape index (κ3) is 4.86. The average molecular weight is 309 g/mol. The van der Waals surface area contributed by atoms with Crippen LogP contribution in [0.1, 0.15) is 27.7 Å². The second-order valence-electron chi connectivity index (χ2n) is 5.71. The van der Waals surface area contributed by atoms with Gasteiger partial charge in [0.2, 0.25) is 8.32 Å². The summed E-state index contributed by atoms with van der Waals surface area (Å²) in [6.45, 7) is 13.5. The van der Waals surface area contributed by atoms with Crippen molar-refractivity contribution in [3.05, 3.63) is 24.3 Å². The van der Waals surface area contributed by atoms with Gasteiger partial charge >= 0.3 is 6.09 Å². The van der Waals surface area contributed by atoms with Gasteiger partial charge in [0.15, 0.2) is 0 Å². The average Bonchev–Trinajstić information content (AvgIpc) is 2.39. The fourth-order valence-electron chi connectivity index (χ4n) is 2.35. The summed E-state index contributed by atoms with van der Waals surface area (Å²) >= 11 is 0. The van der Waals surface area contributed by atoms with Gasteiger partial charge in [-0.3, -0.25) is 0 Å². The van der Waals surface area contributed by atoms with Gasteiger partial charge in [0.05, 0.1) is 0 Å². The van der Waals surface area contributed by atoms with Crippen molar-refractivity contribution in [2.24, 2.45) is 0 Å². The zero-order valence-electron chi connectivity index (χ0n) is 14.0. The summed E-state index contributed by atoms with van der Waals surface area (Å²) in [7, 11) is -2.10. The minimum Gasteiger partial charge on any atom is -0.410 e. The number of amides is 1. The SMILES string of the molecule is CCN(CC)C(=O)Oc1ccccc1[Si](C)(C)OC(C)C. The molecule has 0 bridgehead atoms. The smallest absolute Gasteiger partial charge is 0.410 e. The van der Waals surface area contributed by atoms with Crippen molar-refractivity contribution in [3.63, 3.8) is 0 Å². The third-order valence-electron chi connectivity index (χ3n) is 3.28. The number of carbonyl (C=O) groups excluding carboxylic acids is 1. The number of rotatable bonds is 6. The highest BCUT2D eigenvalue weighted by Crippen LogP contribution is 2.17. The first kappa shape index (κ1) is 17.7. The Morgan fingerprint density at radius 3 is 2.29 bits per heavy atom. The van der Waals surface area contributed by atoms with E-state index in [1.54, 1.807) is 4.90 Å². The highest BCUT2D eigenvalue weighted by Gasteiger charge is 2.30. The topological polar surface area (TPSA) is 38.8 Å².